The van der Waals surface area contributed by atoms with Crippen LogP contribution in [-0.4, -0.2) is 57.1 Å². The Morgan fingerprint density at radius 2 is 1.71 bits per heavy atom. The summed E-state index contributed by atoms with van der Waals surface area (Å²) in [6.07, 6.45) is 0. The number of aliphatic hydroxyl groups excluding tert-OH is 1. The van der Waals surface area contributed by atoms with Crippen molar-refractivity contribution in [2.24, 2.45) is 0 Å². The van der Waals surface area contributed by atoms with Crippen molar-refractivity contribution in [1.82, 2.24) is 0 Å². The maximum Gasteiger partial charge on any atom is -1.00 e. The molecule has 1 N–H and O–H groups in total. The van der Waals surface area contributed by atoms with Crippen molar-refractivity contribution in [3.05, 3.63) is 0 Å². The Bertz CT molecular complexity index is 135. The molecule has 0 aromatic heterocycles. The van der Waals surface area contributed by atoms with E-state index in [4.69, 9.17) is 21.9 Å². The molecule has 0 aromatic rings. The monoisotopic (exact) mass is 298 g/mol. The van der Waals surface area contributed by atoms with Crippen LogP contribution in [0.2, 0.25) is 0 Å². The number of hydrogen-bond donors (Lipinski definition) is 1. The second-order valence-electron chi connectivity index (χ2n) is 3.89. The molecule has 0 aromatic carbocycles. The van der Waals surface area contributed by atoms with Crippen LogP contribution in [0.1, 0.15) is 0 Å². The smallest absolute Gasteiger partial charge is 1.00 e. The van der Waals surface area contributed by atoms with Crippen LogP contribution in [-0.2, 0) is 22.8 Å². The van der Waals surface area contributed by atoms with Gasteiger partial charge in [-0.05, 0) is 0 Å². The van der Waals surface area contributed by atoms with E-state index in [9.17, 15) is 0 Å². The van der Waals surface area contributed by atoms with Crippen LogP contribution >= 0.6 is 9.69 Å². The Labute approximate surface area is 102 Å². The average Bonchev–Trinajstić information content (AvgIpc) is 1.98. The SMILES string of the molecule is C[N+](C)(C)CC[O][Zn]([Cl])[O]CCO.[Cl-]. The van der Waals surface area contributed by atoms with Crippen LogP contribution in [0.15, 0.2) is 0 Å². The molecule has 4 nitrogen and oxygen atoms in total. The third kappa shape index (κ3) is 13.0. The fourth-order valence-corrected chi connectivity index (χ4v) is 3.56. The molecule has 0 rings (SSSR count). The third-order valence-corrected chi connectivity index (χ3v) is 5.62. The Hall–Kier alpha value is 1.04. The van der Waals surface area contributed by atoms with Gasteiger partial charge in [0.1, 0.15) is 0 Å². The number of rotatable bonds is 7. The Morgan fingerprint density at radius 3 is 2.14 bits per heavy atom. The molecule has 0 spiro atoms. The molecule has 0 amide bonds. The molecule has 0 saturated carbocycles. The van der Waals surface area contributed by atoms with Gasteiger partial charge in [0.05, 0.1) is 0 Å². The number of halogens is 2. The summed E-state index contributed by atoms with van der Waals surface area (Å²) in [4.78, 5) is 0. The molecule has 0 aliphatic heterocycles. The van der Waals surface area contributed by atoms with E-state index in [0.29, 0.717) is 13.2 Å². The van der Waals surface area contributed by atoms with E-state index in [2.05, 4.69) is 21.1 Å². The molecule has 14 heavy (non-hydrogen) atoms. The molecule has 0 atom stereocenters. The number of hydrogen-bond acceptors (Lipinski definition) is 3. The van der Waals surface area contributed by atoms with Gasteiger partial charge in [-0.2, -0.15) is 0 Å². The van der Waals surface area contributed by atoms with Crippen molar-refractivity contribution < 1.29 is 44.8 Å². The minimum Gasteiger partial charge on any atom is -1.00 e. The van der Waals surface area contributed by atoms with Gasteiger partial charge >= 0.3 is 89.6 Å². The standard InChI is InChI=1S/C5H13NO.C2H5O2.2ClH.Zn/c1-6(2,3)4-5-7;3-1-2-4;;;/h4-5H2,1-3H3;3H,1-2H2;2*1H;/q;-1;;;+3/p-2. The molecule has 0 unspecified atom stereocenters. The van der Waals surface area contributed by atoms with Crippen molar-refractivity contribution in [2.75, 3.05) is 47.5 Å². The second-order valence-corrected chi connectivity index (χ2v) is 9.28. The summed E-state index contributed by atoms with van der Waals surface area (Å²) in [5.41, 5.74) is 0. The van der Waals surface area contributed by atoms with E-state index in [1.807, 2.05) is 0 Å². The largest absolute Gasteiger partial charge is 1.00 e. The minimum atomic E-state index is -2.64. The first-order chi connectivity index (χ1) is 5.95. The molecule has 0 bridgehead atoms. The van der Waals surface area contributed by atoms with Crippen LogP contribution in [0.4, 0.5) is 0 Å². The zero-order chi connectivity index (χ0) is 10.3. The molecule has 85 valence electrons. The minimum absolute atomic E-state index is 0. The first-order valence-corrected chi connectivity index (χ1v) is 10.7. The van der Waals surface area contributed by atoms with Crippen molar-refractivity contribution >= 4 is 9.69 Å². The maximum absolute atomic E-state index is 8.46. The van der Waals surface area contributed by atoms with Crippen molar-refractivity contribution in [3.63, 3.8) is 0 Å². The van der Waals surface area contributed by atoms with Crippen LogP contribution in [0, 0.1) is 0 Å². The van der Waals surface area contributed by atoms with E-state index < -0.39 is 15.7 Å². The molecule has 0 aliphatic carbocycles. The first kappa shape index (κ1) is 17.4. The molecule has 0 radical (unpaired) electrons. The Morgan fingerprint density at radius 1 is 1.21 bits per heavy atom. The average molecular weight is 301 g/mol. The van der Waals surface area contributed by atoms with E-state index in [0.717, 1.165) is 11.0 Å². The number of likely N-dealkylation sites (N-methyl/N-ethyl adjacent to an activating group) is 1. The summed E-state index contributed by atoms with van der Waals surface area (Å²) in [5, 5.41) is 8.46. The quantitative estimate of drug-likeness (QED) is 0.412. The number of quaternary nitrogens is 1. The van der Waals surface area contributed by atoms with E-state index >= 15 is 0 Å². The van der Waals surface area contributed by atoms with Gasteiger partial charge in [0.2, 0.25) is 0 Å². The zero-order valence-corrected chi connectivity index (χ0v) is 13.5. The van der Waals surface area contributed by atoms with Crippen LogP contribution in [0.5, 0.6) is 0 Å². The molecular weight excluding hydrogens is 282 g/mol. The second kappa shape index (κ2) is 9.28. The van der Waals surface area contributed by atoms with Crippen LogP contribution in [0.3, 0.4) is 0 Å². The number of aliphatic hydroxyl groups is 1. The topological polar surface area (TPSA) is 38.7 Å². The summed E-state index contributed by atoms with van der Waals surface area (Å²) in [6, 6.07) is 0. The fraction of sp³-hybridized carbons (Fsp3) is 1.00. The Balaban J connectivity index is 0. The fourth-order valence-electron chi connectivity index (χ4n) is 0.689. The zero-order valence-electron chi connectivity index (χ0n) is 9.00. The van der Waals surface area contributed by atoms with Gasteiger partial charge in [0, 0.05) is 0 Å². The summed E-state index contributed by atoms with van der Waals surface area (Å²) in [5.74, 6) is 0. The molecule has 7 heteroatoms. The van der Waals surface area contributed by atoms with E-state index in [-0.39, 0.29) is 19.0 Å². The summed E-state index contributed by atoms with van der Waals surface area (Å²) in [6.45, 7) is 1.87. The van der Waals surface area contributed by atoms with Gasteiger partial charge in [-0.15, -0.1) is 0 Å². The van der Waals surface area contributed by atoms with E-state index in [1.165, 1.54) is 0 Å². The Kier molecular flexibility index (Phi) is 11.6. The van der Waals surface area contributed by atoms with Gasteiger partial charge in [-0.1, -0.05) is 0 Å². The first-order valence-electron chi connectivity index (χ1n) is 4.40. The van der Waals surface area contributed by atoms with Gasteiger partial charge < -0.3 is 12.4 Å². The predicted molar refractivity (Wildman–Crippen MR) is 47.7 cm³/mol. The predicted octanol–water partition coefficient (Wildman–Crippen LogP) is -2.68. The third-order valence-electron chi connectivity index (χ3n) is 1.46. The van der Waals surface area contributed by atoms with Crippen molar-refractivity contribution in [2.45, 2.75) is 0 Å². The van der Waals surface area contributed by atoms with Gasteiger partial charge in [0.15, 0.2) is 0 Å². The molecule has 0 heterocycles. The summed E-state index contributed by atoms with van der Waals surface area (Å²) in [7, 11) is 12.1. The van der Waals surface area contributed by atoms with Gasteiger partial charge in [0.25, 0.3) is 0 Å². The van der Waals surface area contributed by atoms with Crippen molar-refractivity contribution in [3.8, 4) is 0 Å². The normalized spacial score (nSPS) is 10.9. The summed E-state index contributed by atoms with van der Waals surface area (Å²) >= 11 is -2.64. The maximum atomic E-state index is 8.46. The van der Waals surface area contributed by atoms with Crippen LogP contribution < -0.4 is 12.4 Å². The molecular formula is C7H18Cl2NO3Zn. The van der Waals surface area contributed by atoms with E-state index in [1.54, 1.807) is 0 Å². The number of nitrogens with zero attached hydrogens (tertiary/aromatic N) is 1. The van der Waals surface area contributed by atoms with Gasteiger partial charge in [-0.25, -0.2) is 0 Å². The van der Waals surface area contributed by atoms with Crippen molar-refractivity contribution in [1.29, 1.82) is 0 Å². The van der Waals surface area contributed by atoms with Crippen LogP contribution in [0.25, 0.3) is 0 Å². The molecule has 0 aliphatic rings. The van der Waals surface area contributed by atoms with Gasteiger partial charge in [-0.3, -0.25) is 0 Å². The molecule has 0 fully saturated rings. The molecule has 0 saturated heterocycles. The summed E-state index contributed by atoms with van der Waals surface area (Å²) < 4.78 is 11.3.